The van der Waals surface area contributed by atoms with Crippen LogP contribution in [-0.4, -0.2) is 50.4 Å². The van der Waals surface area contributed by atoms with E-state index in [-0.39, 0.29) is 11.9 Å². The molecule has 6 heteroatoms. The monoisotopic (exact) mass is 322 g/mol. The Morgan fingerprint density at radius 1 is 1.35 bits per heavy atom. The summed E-state index contributed by atoms with van der Waals surface area (Å²) in [6.07, 6.45) is 2.66. The average molecular weight is 322 g/mol. The van der Waals surface area contributed by atoms with Crippen molar-refractivity contribution in [3.05, 3.63) is 24.3 Å². The van der Waals surface area contributed by atoms with Crippen molar-refractivity contribution in [2.75, 3.05) is 33.4 Å². The topological polar surface area (TPSA) is 60.0 Å². The predicted octanol–water partition coefficient (Wildman–Crippen LogP) is 2.00. The lowest BCUT2D eigenvalue weighted by Crippen LogP contribution is -2.39. The summed E-state index contributed by atoms with van der Waals surface area (Å²) in [4.78, 5) is 17.4. The van der Waals surface area contributed by atoms with E-state index >= 15 is 0 Å². The van der Waals surface area contributed by atoms with E-state index in [1.165, 1.54) is 0 Å². The van der Waals surface area contributed by atoms with Gasteiger partial charge < -0.3 is 14.8 Å². The lowest BCUT2D eigenvalue weighted by Gasteiger charge is -2.25. The van der Waals surface area contributed by atoms with Gasteiger partial charge in [0.15, 0.2) is 11.5 Å². The SMILES string of the molecule is COc1ccccc1OCC(C)NC(=O)CCN1CCCCO1. The molecule has 1 aromatic rings. The summed E-state index contributed by atoms with van der Waals surface area (Å²) >= 11 is 0. The second kappa shape index (κ2) is 9.37. The van der Waals surface area contributed by atoms with Crippen molar-refractivity contribution >= 4 is 5.91 Å². The van der Waals surface area contributed by atoms with E-state index in [1.54, 1.807) is 7.11 Å². The van der Waals surface area contributed by atoms with Crippen LogP contribution in [0.5, 0.6) is 11.5 Å². The van der Waals surface area contributed by atoms with E-state index in [9.17, 15) is 4.79 Å². The second-order valence-corrected chi connectivity index (χ2v) is 5.65. The minimum absolute atomic E-state index is 0.00954. The Hall–Kier alpha value is -1.79. The smallest absolute Gasteiger partial charge is 0.221 e. The van der Waals surface area contributed by atoms with Crippen LogP contribution in [0.2, 0.25) is 0 Å². The molecule has 0 spiro atoms. The first-order valence-electron chi connectivity index (χ1n) is 8.12. The Balaban J connectivity index is 1.67. The average Bonchev–Trinajstić information content (AvgIpc) is 2.59. The molecule has 23 heavy (non-hydrogen) atoms. The van der Waals surface area contributed by atoms with Gasteiger partial charge in [0.1, 0.15) is 6.61 Å². The van der Waals surface area contributed by atoms with Crippen molar-refractivity contribution in [1.82, 2.24) is 10.4 Å². The molecule has 0 saturated carbocycles. The van der Waals surface area contributed by atoms with Crippen molar-refractivity contribution in [1.29, 1.82) is 0 Å². The highest BCUT2D eigenvalue weighted by Gasteiger charge is 2.14. The van der Waals surface area contributed by atoms with E-state index < -0.39 is 0 Å². The minimum Gasteiger partial charge on any atom is -0.493 e. The van der Waals surface area contributed by atoms with E-state index in [0.29, 0.717) is 31.1 Å². The maximum Gasteiger partial charge on any atom is 0.221 e. The van der Waals surface area contributed by atoms with Crippen LogP contribution in [-0.2, 0) is 9.63 Å². The molecule has 0 radical (unpaired) electrons. The van der Waals surface area contributed by atoms with Crippen molar-refractivity contribution in [2.24, 2.45) is 0 Å². The number of carbonyl (C=O) groups excluding carboxylic acids is 1. The van der Waals surface area contributed by atoms with E-state index in [2.05, 4.69) is 5.32 Å². The van der Waals surface area contributed by atoms with E-state index in [4.69, 9.17) is 14.3 Å². The highest BCUT2D eigenvalue weighted by molar-refractivity contribution is 5.76. The molecule has 6 nitrogen and oxygen atoms in total. The van der Waals surface area contributed by atoms with Crippen LogP contribution < -0.4 is 14.8 Å². The number of rotatable bonds is 8. The zero-order valence-electron chi connectivity index (χ0n) is 13.9. The number of hydroxylamine groups is 2. The van der Waals surface area contributed by atoms with Gasteiger partial charge in [-0.3, -0.25) is 9.63 Å². The van der Waals surface area contributed by atoms with Gasteiger partial charge in [-0.05, 0) is 31.9 Å². The molecule has 1 atom stereocenters. The number of hydrogen-bond acceptors (Lipinski definition) is 5. The first-order chi connectivity index (χ1) is 11.2. The number of nitrogens with one attached hydrogen (secondary N) is 1. The lowest BCUT2D eigenvalue weighted by atomic mass is 10.2. The zero-order chi connectivity index (χ0) is 16.5. The van der Waals surface area contributed by atoms with Gasteiger partial charge in [-0.15, -0.1) is 0 Å². The van der Waals surface area contributed by atoms with Crippen molar-refractivity contribution in [3.8, 4) is 11.5 Å². The second-order valence-electron chi connectivity index (χ2n) is 5.65. The molecule has 1 amide bonds. The van der Waals surface area contributed by atoms with Gasteiger partial charge in [-0.25, -0.2) is 0 Å². The largest absolute Gasteiger partial charge is 0.493 e. The van der Waals surface area contributed by atoms with Gasteiger partial charge in [-0.2, -0.15) is 5.06 Å². The summed E-state index contributed by atoms with van der Waals surface area (Å²) in [6, 6.07) is 7.40. The number of methoxy groups -OCH3 is 1. The standard InChI is InChI=1S/C17H26N2O4/c1-14(13-22-16-8-4-3-7-15(16)21-2)18-17(20)9-11-19-10-5-6-12-23-19/h3-4,7-8,14H,5-6,9-13H2,1-2H3,(H,18,20). The highest BCUT2D eigenvalue weighted by Crippen LogP contribution is 2.25. The minimum atomic E-state index is -0.0744. The molecule has 2 rings (SSSR count). The fourth-order valence-corrected chi connectivity index (χ4v) is 2.39. The van der Waals surface area contributed by atoms with E-state index in [1.807, 2.05) is 36.3 Å². The van der Waals surface area contributed by atoms with Gasteiger partial charge in [0.05, 0.1) is 19.8 Å². The Bertz CT molecular complexity index is 489. The fraction of sp³-hybridized carbons (Fsp3) is 0.588. The van der Waals surface area contributed by atoms with Crippen molar-refractivity contribution < 1.29 is 19.1 Å². The third kappa shape index (κ3) is 6.08. The molecule has 1 saturated heterocycles. The Morgan fingerprint density at radius 3 is 2.83 bits per heavy atom. The van der Waals surface area contributed by atoms with Crippen molar-refractivity contribution in [3.63, 3.8) is 0 Å². The highest BCUT2D eigenvalue weighted by atomic mass is 16.7. The molecule has 0 aliphatic carbocycles. The molecule has 1 heterocycles. The zero-order valence-corrected chi connectivity index (χ0v) is 13.9. The molecule has 128 valence electrons. The molecule has 0 aromatic heterocycles. The Kier molecular flexibility index (Phi) is 7.16. The van der Waals surface area contributed by atoms with Crippen LogP contribution in [0, 0.1) is 0 Å². The van der Waals surface area contributed by atoms with Gasteiger partial charge in [0.25, 0.3) is 0 Å². The molecule has 1 N–H and O–H groups in total. The number of ether oxygens (including phenoxy) is 2. The molecule has 1 aromatic carbocycles. The first-order valence-corrected chi connectivity index (χ1v) is 8.12. The predicted molar refractivity (Wildman–Crippen MR) is 87.5 cm³/mol. The maximum absolute atomic E-state index is 12.0. The summed E-state index contributed by atoms with van der Waals surface area (Å²) in [5.74, 6) is 1.38. The number of carbonyl (C=O) groups is 1. The molecule has 1 fully saturated rings. The van der Waals surface area contributed by atoms with Crippen LogP contribution in [0.4, 0.5) is 0 Å². The van der Waals surface area contributed by atoms with Crippen LogP contribution in [0.15, 0.2) is 24.3 Å². The van der Waals surface area contributed by atoms with E-state index in [0.717, 1.165) is 26.0 Å². The summed E-state index contributed by atoms with van der Waals surface area (Å²) in [6.45, 7) is 4.60. The molecular weight excluding hydrogens is 296 g/mol. The fourth-order valence-electron chi connectivity index (χ4n) is 2.39. The maximum atomic E-state index is 12.0. The molecule has 1 unspecified atom stereocenters. The number of para-hydroxylation sites is 2. The summed E-state index contributed by atoms with van der Waals surface area (Å²) in [5.41, 5.74) is 0. The van der Waals surface area contributed by atoms with Crippen LogP contribution >= 0.6 is 0 Å². The van der Waals surface area contributed by atoms with Gasteiger partial charge in [-0.1, -0.05) is 12.1 Å². The van der Waals surface area contributed by atoms with Gasteiger partial charge in [0.2, 0.25) is 5.91 Å². The Morgan fingerprint density at radius 2 is 2.13 bits per heavy atom. The molecule has 1 aliphatic rings. The summed E-state index contributed by atoms with van der Waals surface area (Å²) < 4.78 is 10.9. The van der Waals surface area contributed by atoms with Crippen molar-refractivity contribution in [2.45, 2.75) is 32.2 Å². The summed E-state index contributed by atoms with van der Waals surface area (Å²) in [7, 11) is 1.61. The summed E-state index contributed by atoms with van der Waals surface area (Å²) in [5, 5.41) is 4.81. The number of benzene rings is 1. The normalized spacial score (nSPS) is 16.6. The number of amides is 1. The quantitative estimate of drug-likeness (QED) is 0.793. The lowest BCUT2D eigenvalue weighted by molar-refractivity contribution is -0.181. The third-order valence-corrected chi connectivity index (χ3v) is 3.63. The number of nitrogens with zero attached hydrogens (tertiary/aromatic N) is 1. The Labute approximate surface area is 137 Å². The first kappa shape index (κ1) is 17.6. The molecule has 0 bridgehead atoms. The van der Waals surface area contributed by atoms with Crippen LogP contribution in [0.1, 0.15) is 26.2 Å². The van der Waals surface area contributed by atoms with Gasteiger partial charge in [0, 0.05) is 19.5 Å². The van der Waals surface area contributed by atoms with Crippen LogP contribution in [0.25, 0.3) is 0 Å². The van der Waals surface area contributed by atoms with Crippen LogP contribution in [0.3, 0.4) is 0 Å². The third-order valence-electron chi connectivity index (χ3n) is 3.63. The molecular formula is C17H26N2O4. The van der Waals surface area contributed by atoms with Gasteiger partial charge >= 0.3 is 0 Å². The number of hydrogen-bond donors (Lipinski definition) is 1. The molecule has 1 aliphatic heterocycles.